The predicted octanol–water partition coefficient (Wildman–Crippen LogP) is 10.9. The van der Waals surface area contributed by atoms with Crippen LogP contribution in [0.2, 0.25) is 0 Å². The molecule has 2 rings (SSSR count). The Morgan fingerprint density at radius 1 is 0.619 bits per heavy atom. The van der Waals surface area contributed by atoms with Gasteiger partial charge >= 0.3 is 11.9 Å². The van der Waals surface area contributed by atoms with Gasteiger partial charge in [-0.1, -0.05) is 98.0 Å². The van der Waals surface area contributed by atoms with Crippen LogP contribution < -0.4 is 0 Å². The van der Waals surface area contributed by atoms with Gasteiger partial charge in [0.1, 0.15) is 0 Å². The van der Waals surface area contributed by atoms with Crippen LogP contribution in [0.4, 0.5) is 0 Å². The average Bonchev–Trinajstić information content (AvgIpc) is 2.97. The first kappa shape index (κ1) is 36.1. The lowest BCUT2D eigenvalue weighted by Gasteiger charge is -2.20. The molecule has 0 aromatic heterocycles. The summed E-state index contributed by atoms with van der Waals surface area (Å²) in [6.45, 7) is 9.73. The van der Waals surface area contributed by atoms with Gasteiger partial charge in [0.25, 0.3) is 0 Å². The van der Waals surface area contributed by atoms with E-state index in [9.17, 15) is 9.59 Å². The fraction of sp³-hybridized carbons (Fsp3) is 0.737. The summed E-state index contributed by atoms with van der Waals surface area (Å²) in [6, 6.07) is 0. The predicted molar refractivity (Wildman–Crippen MR) is 176 cm³/mol. The smallest absolute Gasteiger partial charge is 0.309 e. The van der Waals surface area contributed by atoms with Crippen molar-refractivity contribution in [1.29, 1.82) is 0 Å². The van der Waals surface area contributed by atoms with Crippen LogP contribution in [0.25, 0.3) is 0 Å². The van der Waals surface area contributed by atoms with E-state index in [1.54, 1.807) is 0 Å². The number of carbonyl (C=O) groups is 2. The van der Waals surface area contributed by atoms with Crippen molar-refractivity contribution >= 4 is 11.9 Å². The molecule has 0 aromatic carbocycles. The Hall–Kier alpha value is -2.10. The largest absolute Gasteiger partial charge is 0.465 e. The highest BCUT2D eigenvalue weighted by Crippen LogP contribution is 2.28. The van der Waals surface area contributed by atoms with Gasteiger partial charge in [-0.05, 0) is 105 Å². The van der Waals surface area contributed by atoms with Gasteiger partial charge in [-0.2, -0.15) is 0 Å². The molecule has 0 amide bonds. The SMILES string of the molecule is CC(C)=CCCC1=CCC(C(=O)OCCCCCCCCCCCCOC(=O)C2CC=C(CCC=C(C)C)CC2)CC1. The minimum absolute atomic E-state index is 0.00959. The molecule has 0 aliphatic heterocycles. The van der Waals surface area contributed by atoms with Gasteiger partial charge in [0.05, 0.1) is 25.0 Å². The molecule has 4 nitrogen and oxygen atoms in total. The van der Waals surface area contributed by atoms with Crippen molar-refractivity contribution in [3.63, 3.8) is 0 Å². The summed E-state index contributed by atoms with van der Waals surface area (Å²) in [5, 5.41) is 0. The molecule has 238 valence electrons. The van der Waals surface area contributed by atoms with E-state index in [0.717, 1.165) is 89.9 Å². The molecule has 0 bridgehead atoms. The van der Waals surface area contributed by atoms with E-state index in [1.807, 2.05) is 0 Å². The zero-order valence-corrected chi connectivity index (χ0v) is 27.7. The molecule has 0 saturated heterocycles. The van der Waals surface area contributed by atoms with Crippen molar-refractivity contribution in [2.24, 2.45) is 11.8 Å². The van der Waals surface area contributed by atoms with Crippen LogP contribution in [-0.4, -0.2) is 25.2 Å². The Morgan fingerprint density at radius 2 is 0.976 bits per heavy atom. The monoisotopic (exact) mass is 582 g/mol. The number of rotatable bonds is 21. The minimum atomic E-state index is 0.00959. The van der Waals surface area contributed by atoms with Gasteiger partial charge in [-0.25, -0.2) is 0 Å². The molecule has 2 aliphatic rings. The molecule has 0 radical (unpaired) electrons. The standard InChI is InChI=1S/C38H62O4/c1-31(2)17-15-19-33-21-25-35(26-22-33)37(39)41-29-13-11-9-7-5-6-8-10-12-14-30-42-38(40)36-27-23-34(24-28-36)20-16-18-32(3)4/h17-18,21,23,35-36H,5-16,19-20,22,24-30H2,1-4H3. The fourth-order valence-electron chi connectivity index (χ4n) is 5.95. The van der Waals surface area contributed by atoms with Gasteiger partial charge in [0.2, 0.25) is 0 Å². The first-order valence-corrected chi connectivity index (χ1v) is 17.3. The second kappa shape index (κ2) is 22.4. The summed E-state index contributed by atoms with van der Waals surface area (Å²) in [4.78, 5) is 24.8. The summed E-state index contributed by atoms with van der Waals surface area (Å²) in [6.07, 6.45) is 31.1. The average molecular weight is 583 g/mol. The minimum Gasteiger partial charge on any atom is -0.465 e. The number of ether oxygens (including phenoxy) is 2. The third-order valence-corrected chi connectivity index (χ3v) is 8.74. The Kier molecular flexibility index (Phi) is 19.3. The molecule has 4 heteroatoms. The van der Waals surface area contributed by atoms with Crippen LogP contribution in [0.1, 0.15) is 156 Å². The summed E-state index contributed by atoms with van der Waals surface area (Å²) in [5.74, 6) is 0.148. The topological polar surface area (TPSA) is 52.6 Å². The van der Waals surface area contributed by atoms with Crippen molar-refractivity contribution in [3.05, 3.63) is 46.6 Å². The first-order valence-electron chi connectivity index (χ1n) is 17.3. The van der Waals surface area contributed by atoms with Crippen LogP contribution in [0.3, 0.4) is 0 Å². The molecule has 0 fully saturated rings. The molecule has 0 aromatic rings. The Labute approximate surface area is 258 Å². The van der Waals surface area contributed by atoms with Gasteiger partial charge in [-0.15, -0.1) is 0 Å². The second-order valence-electron chi connectivity index (χ2n) is 13.2. The Bertz CT molecular complexity index is 824. The van der Waals surface area contributed by atoms with E-state index in [0.29, 0.717) is 13.2 Å². The highest BCUT2D eigenvalue weighted by atomic mass is 16.5. The molecule has 2 atom stereocenters. The van der Waals surface area contributed by atoms with E-state index in [2.05, 4.69) is 52.0 Å². The number of allylic oxidation sites excluding steroid dienone is 8. The van der Waals surface area contributed by atoms with Crippen LogP contribution >= 0.6 is 0 Å². The molecule has 2 aliphatic carbocycles. The second-order valence-corrected chi connectivity index (χ2v) is 13.2. The summed E-state index contributed by atoms with van der Waals surface area (Å²) < 4.78 is 11.2. The lowest BCUT2D eigenvalue weighted by Crippen LogP contribution is -2.20. The van der Waals surface area contributed by atoms with Crippen LogP contribution in [0, 0.1) is 11.8 Å². The van der Waals surface area contributed by atoms with E-state index in [1.165, 1.54) is 60.8 Å². The number of hydrogen-bond acceptors (Lipinski definition) is 4. The van der Waals surface area contributed by atoms with Crippen molar-refractivity contribution in [3.8, 4) is 0 Å². The van der Waals surface area contributed by atoms with Crippen LogP contribution in [0.5, 0.6) is 0 Å². The maximum atomic E-state index is 12.4. The number of hydrogen-bond donors (Lipinski definition) is 0. The Balaban J connectivity index is 1.35. The van der Waals surface area contributed by atoms with Crippen molar-refractivity contribution < 1.29 is 19.1 Å². The maximum Gasteiger partial charge on any atom is 0.309 e. The van der Waals surface area contributed by atoms with E-state index >= 15 is 0 Å². The van der Waals surface area contributed by atoms with E-state index < -0.39 is 0 Å². The molecule has 0 N–H and O–H groups in total. The van der Waals surface area contributed by atoms with Crippen molar-refractivity contribution in [1.82, 2.24) is 0 Å². The number of unbranched alkanes of at least 4 members (excludes halogenated alkanes) is 9. The Morgan fingerprint density at radius 3 is 1.29 bits per heavy atom. The third-order valence-electron chi connectivity index (χ3n) is 8.74. The van der Waals surface area contributed by atoms with E-state index in [4.69, 9.17) is 9.47 Å². The number of esters is 2. The van der Waals surface area contributed by atoms with Gasteiger partial charge < -0.3 is 9.47 Å². The highest BCUT2D eigenvalue weighted by Gasteiger charge is 2.23. The first-order chi connectivity index (χ1) is 20.3. The van der Waals surface area contributed by atoms with Crippen molar-refractivity contribution in [2.75, 3.05) is 13.2 Å². The molecule has 0 spiro atoms. The lowest BCUT2D eigenvalue weighted by molar-refractivity contribution is -0.149. The molecular weight excluding hydrogens is 520 g/mol. The molecule has 2 unspecified atom stereocenters. The summed E-state index contributed by atoms with van der Waals surface area (Å²) >= 11 is 0. The number of carbonyl (C=O) groups excluding carboxylic acids is 2. The molecule has 0 heterocycles. The third kappa shape index (κ3) is 17.1. The van der Waals surface area contributed by atoms with Crippen molar-refractivity contribution in [2.45, 2.75) is 156 Å². The zero-order valence-electron chi connectivity index (χ0n) is 27.7. The van der Waals surface area contributed by atoms with Crippen LogP contribution in [-0.2, 0) is 19.1 Å². The lowest BCUT2D eigenvalue weighted by atomic mass is 9.88. The summed E-state index contributed by atoms with van der Waals surface area (Å²) in [5.41, 5.74) is 5.76. The fourth-order valence-corrected chi connectivity index (χ4v) is 5.95. The normalized spacial score (nSPS) is 18.5. The molecular formula is C38H62O4. The molecule has 0 saturated carbocycles. The maximum absolute atomic E-state index is 12.4. The quantitative estimate of drug-likeness (QED) is 0.0767. The van der Waals surface area contributed by atoms with Crippen LogP contribution in [0.15, 0.2) is 46.6 Å². The van der Waals surface area contributed by atoms with E-state index in [-0.39, 0.29) is 23.8 Å². The molecule has 42 heavy (non-hydrogen) atoms. The van der Waals surface area contributed by atoms with Gasteiger partial charge in [0, 0.05) is 0 Å². The van der Waals surface area contributed by atoms with Gasteiger partial charge in [-0.3, -0.25) is 9.59 Å². The van der Waals surface area contributed by atoms with Gasteiger partial charge in [0.15, 0.2) is 0 Å². The summed E-state index contributed by atoms with van der Waals surface area (Å²) in [7, 11) is 0. The zero-order chi connectivity index (χ0) is 30.4. The highest BCUT2D eigenvalue weighted by molar-refractivity contribution is 5.73.